The number of carboxylic acid groups (broad SMARTS) is 1. The van der Waals surface area contributed by atoms with Crippen LogP contribution in [0, 0.1) is 0 Å². The third-order valence-corrected chi connectivity index (χ3v) is 6.87. The number of hydrogen-bond donors (Lipinski definition) is 2. The molecule has 1 aliphatic heterocycles. The first-order valence-electron chi connectivity index (χ1n) is 9.63. The van der Waals surface area contributed by atoms with E-state index in [9.17, 15) is 14.7 Å². The molecule has 2 aromatic carbocycles. The zero-order valence-corrected chi connectivity index (χ0v) is 19.1. The maximum absolute atomic E-state index is 12.7. The number of carbonyl (C=O) groups excluding carboxylic acids is 1. The summed E-state index contributed by atoms with van der Waals surface area (Å²) in [6.07, 6.45) is 0.158. The molecular weight excluding hydrogens is 454 g/mol. The van der Waals surface area contributed by atoms with Crippen LogP contribution in [0.25, 0.3) is 11.1 Å². The quantitative estimate of drug-likeness (QED) is 0.506. The van der Waals surface area contributed by atoms with Crippen molar-refractivity contribution >= 4 is 40.5 Å². The van der Waals surface area contributed by atoms with Crippen LogP contribution in [0.5, 0.6) is 17.2 Å². The van der Waals surface area contributed by atoms with Crippen LogP contribution in [-0.4, -0.2) is 38.3 Å². The molecule has 9 heteroatoms. The Labute approximate surface area is 193 Å². The molecule has 1 aliphatic rings. The van der Waals surface area contributed by atoms with E-state index in [1.165, 1.54) is 21.3 Å². The standard InChI is InChI=1S/C23H20ClNO6S/c1-29-15-8-12(9-16(30-2)20(15)31-3)14-10-17(26)25-19-18(11-4-6-13(24)7-5-11)22(23(27)28)32-21(14)19/h4-9,14H,10H2,1-3H3,(H,25,26)(H,27,28). The first kappa shape index (κ1) is 22.0. The van der Waals surface area contributed by atoms with Gasteiger partial charge in [0.05, 0.1) is 27.0 Å². The number of halogens is 1. The molecule has 3 aromatic rings. The topological polar surface area (TPSA) is 94.1 Å². The molecule has 0 spiro atoms. The summed E-state index contributed by atoms with van der Waals surface area (Å²) >= 11 is 7.16. The second kappa shape index (κ2) is 8.72. The predicted molar refractivity (Wildman–Crippen MR) is 123 cm³/mol. The highest BCUT2D eigenvalue weighted by atomic mass is 35.5. The maximum Gasteiger partial charge on any atom is 0.346 e. The molecule has 2 heterocycles. The van der Waals surface area contributed by atoms with Crippen molar-refractivity contribution in [3.63, 3.8) is 0 Å². The lowest BCUT2D eigenvalue weighted by molar-refractivity contribution is -0.116. The summed E-state index contributed by atoms with van der Waals surface area (Å²) in [5, 5.41) is 13.3. The van der Waals surface area contributed by atoms with Crippen molar-refractivity contribution in [2.75, 3.05) is 26.6 Å². The minimum Gasteiger partial charge on any atom is -0.493 e. The Morgan fingerprint density at radius 2 is 1.72 bits per heavy atom. The number of amides is 1. The molecule has 0 bridgehead atoms. The van der Waals surface area contributed by atoms with Gasteiger partial charge in [-0.1, -0.05) is 23.7 Å². The number of ether oxygens (including phenoxy) is 3. The fraction of sp³-hybridized carbons (Fsp3) is 0.217. The first-order valence-corrected chi connectivity index (χ1v) is 10.8. The second-order valence-electron chi connectivity index (χ2n) is 7.12. The number of fused-ring (bicyclic) bond motifs is 1. The van der Waals surface area contributed by atoms with Gasteiger partial charge >= 0.3 is 5.97 Å². The van der Waals surface area contributed by atoms with Gasteiger partial charge in [-0.05, 0) is 35.4 Å². The van der Waals surface area contributed by atoms with Crippen LogP contribution >= 0.6 is 22.9 Å². The largest absolute Gasteiger partial charge is 0.493 e. The molecule has 0 radical (unpaired) electrons. The monoisotopic (exact) mass is 473 g/mol. The van der Waals surface area contributed by atoms with Crippen molar-refractivity contribution in [2.45, 2.75) is 12.3 Å². The van der Waals surface area contributed by atoms with E-state index in [0.717, 1.165) is 21.8 Å². The summed E-state index contributed by atoms with van der Waals surface area (Å²) in [7, 11) is 4.56. The zero-order valence-electron chi connectivity index (χ0n) is 17.5. The molecule has 2 N–H and O–H groups in total. The number of rotatable bonds is 6. The van der Waals surface area contributed by atoms with Crippen molar-refractivity contribution in [1.82, 2.24) is 0 Å². The Bertz CT molecular complexity index is 1180. The van der Waals surface area contributed by atoms with Gasteiger partial charge in [0.25, 0.3) is 0 Å². The SMILES string of the molecule is COc1cc(C2CC(=O)Nc3c2sc(C(=O)O)c3-c2ccc(Cl)cc2)cc(OC)c1OC. The molecule has 0 saturated heterocycles. The normalized spacial score (nSPS) is 15.0. The summed E-state index contributed by atoms with van der Waals surface area (Å²) in [4.78, 5) is 25.7. The third kappa shape index (κ3) is 3.76. The van der Waals surface area contributed by atoms with Gasteiger partial charge in [0.15, 0.2) is 11.5 Å². The molecule has 1 aromatic heterocycles. The minimum atomic E-state index is -1.06. The highest BCUT2D eigenvalue weighted by molar-refractivity contribution is 7.15. The second-order valence-corrected chi connectivity index (χ2v) is 8.61. The summed E-state index contributed by atoms with van der Waals surface area (Å²) in [6, 6.07) is 10.4. The fourth-order valence-corrected chi connectivity index (χ4v) is 5.27. The Kier molecular flexibility index (Phi) is 5.99. The van der Waals surface area contributed by atoms with E-state index in [0.29, 0.717) is 39.1 Å². The van der Waals surface area contributed by atoms with Gasteiger partial charge < -0.3 is 24.6 Å². The number of nitrogens with one attached hydrogen (secondary N) is 1. The van der Waals surface area contributed by atoms with Crippen LogP contribution in [0.2, 0.25) is 5.02 Å². The number of methoxy groups -OCH3 is 3. The van der Waals surface area contributed by atoms with E-state index in [-0.39, 0.29) is 23.1 Å². The highest BCUT2D eigenvalue weighted by Gasteiger charge is 2.35. The number of anilines is 1. The molecule has 4 rings (SSSR count). The van der Waals surface area contributed by atoms with E-state index >= 15 is 0 Å². The Hall–Kier alpha value is -3.23. The average Bonchev–Trinajstić information content (AvgIpc) is 3.17. The molecule has 1 unspecified atom stereocenters. The minimum absolute atomic E-state index is 0.150. The molecule has 166 valence electrons. The fourth-order valence-electron chi connectivity index (χ4n) is 3.90. The van der Waals surface area contributed by atoms with Gasteiger partial charge in [-0.25, -0.2) is 4.79 Å². The Balaban J connectivity index is 1.93. The summed E-state index contributed by atoms with van der Waals surface area (Å²) in [5.74, 6) is -0.284. The van der Waals surface area contributed by atoms with Crippen LogP contribution in [0.1, 0.15) is 32.5 Å². The van der Waals surface area contributed by atoms with Crippen molar-refractivity contribution < 1.29 is 28.9 Å². The van der Waals surface area contributed by atoms with Gasteiger partial charge in [0.1, 0.15) is 4.88 Å². The lowest BCUT2D eigenvalue weighted by Crippen LogP contribution is -2.22. The van der Waals surface area contributed by atoms with E-state index in [1.807, 2.05) is 0 Å². The van der Waals surface area contributed by atoms with Crippen LogP contribution in [0.4, 0.5) is 5.69 Å². The lowest BCUT2D eigenvalue weighted by Gasteiger charge is -2.25. The number of hydrogen-bond acceptors (Lipinski definition) is 6. The lowest BCUT2D eigenvalue weighted by atomic mass is 9.88. The van der Waals surface area contributed by atoms with E-state index in [1.54, 1.807) is 36.4 Å². The molecule has 7 nitrogen and oxygen atoms in total. The van der Waals surface area contributed by atoms with Gasteiger partial charge in [-0.3, -0.25) is 4.79 Å². The van der Waals surface area contributed by atoms with E-state index in [2.05, 4.69) is 5.32 Å². The number of thiophene rings is 1. The molecule has 32 heavy (non-hydrogen) atoms. The number of benzene rings is 2. The molecule has 0 saturated carbocycles. The smallest absolute Gasteiger partial charge is 0.346 e. The molecule has 0 fully saturated rings. The van der Waals surface area contributed by atoms with Crippen molar-refractivity contribution in [2.24, 2.45) is 0 Å². The first-order chi connectivity index (χ1) is 15.4. The summed E-state index contributed by atoms with van der Waals surface area (Å²) < 4.78 is 16.3. The number of carboxylic acids is 1. The number of aromatic carboxylic acids is 1. The van der Waals surface area contributed by atoms with Crippen molar-refractivity contribution in [3.05, 3.63) is 56.7 Å². The third-order valence-electron chi connectivity index (χ3n) is 5.32. The predicted octanol–water partition coefficient (Wildman–Crippen LogP) is 5.27. The zero-order chi connectivity index (χ0) is 23.0. The van der Waals surface area contributed by atoms with Crippen LogP contribution < -0.4 is 19.5 Å². The molecule has 1 amide bonds. The Morgan fingerprint density at radius 1 is 1.09 bits per heavy atom. The molecule has 1 atom stereocenters. The molecule has 0 aliphatic carbocycles. The van der Waals surface area contributed by atoms with E-state index in [4.69, 9.17) is 25.8 Å². The van der Waals surface area contributed by atoms with Crippen molar-refractivity contribution in [3.8, 4) is 28.4 Å². The van der Waals surface area contributed by atoms with Gasteiger partial charge in [-0.15, -0.1) is 11.3 Å². The summed E-state index contributed by atoms with van der Waals surface area (Å²) in [6.45, 7) is 0. The molecular formula is C23H20ClNO6S. The van der Waals surface area contributed by atoms with Crippen molar-refractivity contribution in [1.29, 1.82) is 0 Å². The highest BCUT2D eigenvalue weighted by Crippen LogP contribution is 2.51. The number of carbonyl (C=O) groups is 2. The van der Waals surface area contributed by atoms with Gasteiger partial charge in [0, 0.05) is 27.8 Å². The average molecular weight is 474 g/mol. The Morgan fingerprint density at radius 3 is 2.25 bits per heavy atom. The van der Waals surface area contributed by atoms with Crippen LogP contribution in [0.3, 0.4) is 0 Å². The maximum atomic E-state index is 12.7. The van der Waals surface area contributed by atoms with Crippen LogP contribution in [-0.2, 0) is 4.79 Å². The van der Waals surface area contributed by atoms with Crippen LogP contribution in [0.15, 0.2) is 36.4 Å². The van der Waals surface area contributed by atoms with E-state index < -0.39 is 5.97 Å². The summed E-state index contributed by atoms with van der Waals surface area (Å²) in [5.41, 5.74) is 2.40. The van der Waals surface area contributed by atoms with Gasteiger partial charge in [0.2, 0.25) is 11.7 Å². The van der Waals surface area contributed by atoms with Gasteiger partial charge in [-0.2, -0.15) is 0 Å².